The lowest BCUT2D eigenvalue weighted by atomic mass is 9.95. The average Bonchev–Trinajstić information content (AvgIpc) is 3.47. The highest BCUT2D eigenvalue weighted by Gasteiger charge is 2.35. The van der Waals surface area contributed by atoms with Crippen LogP contribution in [0.3, 0.4) is 0 Å². The first kappa shape index (κ1) is 17.0. The number of nitrogens with zero attached hydrogens (tertiary/aromatic N) is 2. The summed E-state index contributed by atoms with van der Waals surface area (Å²) in [5.74, 6) is 1.38. The second kappa shape index (κ2) is 7.08. The van der Waals surface area contributed by atoms with Gasteiger partial charge in [-0.1, -0.05) is 19.1 Å². The van der Waals surface area contributed by atoms with Crippen LogP contribution >= 0.6 is 0 Å². The highest BCUT2D eigenvalue weighted by molar-refractivity contribution is 5.97. The molecule has 0 aromatic heterocycles. The number of hydrogen-bond donors (Lipinski definition) is 1. The van der Waals surface area contributed by atoms with Crippen molar-refractivity contribution < 1.29 is 9.90 Å². The quantitative estimate of drug-likeness (QED) is 0.914. The molecule has 1 saturated carbocycles. The molecular weight excluding hydrogens is 312 g/mol. The molecule has 1 N–H and O–H groups in total. The number of rotatable bonds is 4. The van der Waals surface area contributed by atoms with E-state index in [4.69, 9.17) is 0 Å². The molecule has 1 atom stereocenters. The zero-order valence-corrected chi connectivity index (χ0v) is 15.3. The van der Waals surface area contributed by atoms with E-state index in [0.29, 0.717) is 5.91 Å². The first-order valence-corrected chi connectivity index (χ1v) is 9.96. The van der Waals surface area contributed by atoms with Gasteiger partial charge in [0, 0.05) is 24.7 Å². The number of benzene rings is 1. The molecule has 2 aliphatic heterocycles. The number of carbonyl (C=O) groups is 1. The van der Waals surface area contributed by atoms with Crippen molar-refractivity contribution in [1.29, 1.82) is 0 Å². The first-order chi connectivity index (χ1) is 12.1. The topological polar surface area (TPSA) is 43.8 Å². The van der Waals surface area contributed by atoms with Gasteiger partial charge in [0.05, 0.1) is 6.10 Å². The van der Waals surface area contributed by atoms with E-state index in [1.807, 2.05) is 11.0 Å². The summed E-state index contributed by atoms with van der Waals surface area (Å²) in [7, 11) is 0. The fraction of sp³-hybridized carbons (Fsp3) is 0.667. The standard InChI is InChI=1S/C21H30N2O2/c1-15-8-11-22(12-9-15)14-20(24)18-6-7-19-17(13-18)3-2-10-23(19)21(25)16-4-5-16/h6-7,13,15-16,20,24H,2-5,8-12,14H2,1H3/t20-/m1/s1. The maximum absolute atomic E-state index is 12.5. The summed E-state index contributed by atoms with van der Waals surface area (Å²) >= 11 is 0. The maximum atomic E-state index is 12.5. The van der Waals surface area contributed by atoms with Gasteiger partial charge in [-0.25, -0.2) is 0 Å². The highest BCUT2D eigenvalue weighted by Crippen LogP contribution is 2.36. The maximum Gasteiger partial charge on any atom is 0.230 e. The summed E-state index contributed by atoms with van der Waals surface area (Å²) in [6, 6.07) is 6.22. The lowest BCUT2D eigenvalue weighted by Crippen LogP contribution is -2.37. The highest BCUT2D eigenvalue weighted by atomic mass is 16.3. The van der Waals surface area contributed by atoms with Crippen LogP contribution in [-0.4, -0.2) is 42.1 Å². The lowest BCUT2D eigenvalue weighted by molar-refractivity contribution is -0.119. The van der Waals surface area contributed by atoms with E-state index in [1.54, 1.807) is 0 Å². The molecule has 3 aliphatic rings. The van der Waals surface area contributed by atoms with Crippen LogP contribution < -0.4 is 4.90 Å². The smallest absolute Gasteiger partial charge is 0.230 e. The predicted molar refractivity (Wildman–Crippen MR) is 99.6 cm³/mol. The first-order valence-electron chi connectivity index (χ1n) is 9.96. The number of likely N-dealkylation sites (tertiary alicyclic amines) is 1. The van der Waals surface area contributed by atoms with Crippen molar-refractivity contribution in [2.45, 2.75) is 51.6 Å². The average molecular weight is 342 g/mol. The van der Waals surface area contributed by atoms with Gasteiger partial charge in [0.1, 0.15) is 0 Å². The van der Waals surface area contributed by atoms with Crippen LogP contribution in [0, 0.1) is 11.8 Å². The molecule has 4 heteroatoms. The van der Waals surface area contributed by atoms with Crippen molar-refractivity contribution in [3.05, 3.63) is 29.3 Å². The SMILES string of the molecule is CC1CCN(C[C@@H](O)c2ccc3c(c2)CCCN3C(=O)C2CC2)CC1. The van der Waals surface area contributed by atoms with Crippen molar-refractivity contribution in [2.75, 3.05) is 31.1 Å². The van der Waals surface area contributed by atoms with E-state index in [0.717, 1.165) is 69.0 Å². The third-order valence-corrected chi connectivity index (χ3v) is 6.11. The molecule has 2 heterocycles. The molecule has 1 aromatic rings. The predicted octanol–water partition coefficient (Wildman–Crippen LogP) is 3.14. The molecule has 0 spiro atoms. The summed E-state index contributed by atoms with van der Waals surface area (Å²) in [5, 5.41) is 10.7. The molecule has 0 bridgehead atoms. The van der Waals surface area contributed by atoms with Crippen LogP contribution in [0.5, 0.6) is 0 Å². The number of anilines is 1. The van der Waals surface area contributed by atoms with Gasteiger partial charge in [-0.15, -0.1) is 0 Å². The Morgan fingerprint density at radius 2 is 1.96 bits per heavy atom. The number of aryl methyl sites for hydroxylation is 1. The van der Waals surface area contributed by atoms with E-state index in [-0.39, 0.29) is 5.92 Å². The molecule has 1 aromatic carbocycles. The Labute approximate surface area is 150 Å². The minimum Gasteiger partial charge on any atom is -0.387 e. The summed E-state index contributed by atoms with van der Waals surface area (Å²) in [5.41, 5.74) is 3.30. The monoisotopic (exact) mass is 342 g/mol. The molecule has 2 fully saturated rings. The van der Waals surface area contributed by atoms with Crippen LogP contribution in [0.4, 0.5) is 5.69 Å². The van der Waals surface area contributed by atoms with Gasteiger partial charge in [-0.2, -0.15) is 0 Å². The summed E-state index contributed by atoms with van der Waals surface area (Å²) in [6.07, 6.45) is 6.16. The van der Waals surface area contributed by atoms with Crippen molar-refractivity contribution in [2.24, 2.45) is 11.8 Å². The number of β-amino-alcohol motifs (C(OH)–C–C–N with tert-alkyl or cyclic N) is 1. The van der Waals surface area contributed by atoms with Gasteiger partial charge in [-0.3, -0.25) is 4.79 Å². The summed E-state index contributed by atoms with van der Waals surface area (Å²) in [6.45, 7) is 6.05. The minimum atomic E-state index is -0.437. The fourth-order valence-corrected chi connectivity index (χ4v) is 4.20. The number of amides is 1. The van der Waals surface area contributed by atoms with Crippen LogP contribution in [-0.2, 0) is 11.2 Å². The largest absolute Gasteiger partial charge is 0.387 e. The fourth-order valence-electron chi connectivity index (χ4n) is 4.20. The third kappa shape index (κ3) is 3.75. The Kier molecular flexibility index (Phi) is 4.83. The van der Waals surface area contributed by atoms with Gasteiger partial charge >= 0.3 is 0 Å². The van der Waals surface area contributed by atoms with Crippen molar-refractivity contribution in [3.8, 4) is 0 Å². The molecule has 1 saturated heterocycles. The van der Waals surface area contributed by atoms with Crippen molar-refractivity contribution in [3.63, 3.8) is 0 Å². The number of aliphatic hydroxyl groups is 1. The van der Waals surface area contributed by atoms with Crippen molar-refractivity contribution >= 4 is 11.6 Å². The molecular formula is C21H30N2O2. The third-order valence-electron chi connectivity index (χ3n) is 6.11. The van der Waals surface area contributed by atoms with E-state index in [9.17, 15) is 9.90 Å². The Hall–Kier alpha value is -1.39. The molecule has 25 heavy (non-hydrogen) atoms. The number of piperidine rings is 1. The van der Waals surface area contributed by atoms with Crippen LogP contribution in [0.2, 0.25) is 0 Å². The van der Waals surface area contributed by atoms with E-state index < -0.39 is 6.10 Å². The van der Waals surface area contributed by atoms with Gasteiger partial charge < -0.3 is 14.9 Å². The Bertz CT molecular complexity index is 633. The van der Waals surface area contributed by atoms with Crippen molar-refractivity contribution in [1.82, 2.24) is 4.90 Å². The molecule has 4 nitrogen and oxygen atoms in total. The normalized spacial score (nSPS) is 23.4. The summed E-state index contributed by atoms with van der Waals surface area (Å²) < 4.78 is 0. The molecule has 0 radical (unpaired) electrons. The van der Waals surface area contributed by atoms with Crippen LogP contribution in [0.25, 0.3) is 0 Å². The zero-order chi connectivity index (χ0) is 17.4. The summed E-state index contributed by atoms with van der Waals surface area (Å²) in [4.78, 5) is 16.9. The number of fused-ring (bicyclic) bond motifs is 1. The Balaban J connectivity index is 1.45. The molecule has 4 rings (SSSR count). The van der Waals surface area contributed by atoms with E-state index >= 15 is 0 Å². The molecule has 1 aliphatic carbocycles. The Morgan fingerprint density at radius 3 is 2.68 bits per heavy atom. The van der Waals surface area contributed by atoms with E-state index in [1.165, 1.54) is 18.4 Å². The van der Waals surface area contributed by atoms with E-state index in [2.05, 4.69) is 24.0 Å². The van der Waals surface area contributed by atoms with Gasteiger partial charge in [0.2, 0.25) is 5.91 Å². The lowest BCUT2D eigenvalue weighted by Gasteiger charge is -2.33. The molecule has 0 unspecified atom stereocenters. The number of aliphatic hydroxyl groups excluding tert-OH is 1. The van der Waals surface area contributed by atoms with Gasteiger partial charge in [0.25, 0.3) is 0 Å². The number of carbonyl (C=O) groups excluding carboxylic acids is 1. The molecule has 136 valence electrons. The van der Waals surface area contributed by atoms with Gasteiger partial charge in [0.15, 0.2) is 0 Å². The van der Waals surface area contributed by atoms with Crippen LogP contribution in [0.15, 0.2) is 18.2 Å². The van der Waals surface area contributed by atoms with Gasteiger partial charge in [-0.05, 0) is 74.7 Å². The number of hydrogen-bond acceptors (Lipinski definition) is 3. The Morgan fingerprint density at radius 1 is 1.20 bits per heavy atom. The molecule has 1 amide bonds. The second-order valence-corrected chi connectivity index (χ2v) is 8.25. The van der Waals surface area contributed by atoms with Crippen LogP contribution in [0.1, 0.15) is 56.3 Å². The second-order valence-electron chi connectivity index (χ2n) is 8.25. The zero-order valence-electron chi connectivity index (χ0n) is 15.3. The minimum absolute atomic E-state index is 0.262.